The van der Waals surface area contributed by atoms with Gasteiger partial charge in [-0.1, -0.05) is 24.3 Å². The van der Waals surface area contributed by atoms with Crippen molar-refractivity contribution >= 4 is 27.8 Å². The van der Waals surface area contributed by atoms with Crippen LogP contribution in [0.25, 0.3) is 21.8 Å². The van der Waals surface area contributed by atoms with E-state index in [4.69, 9.17) is 0 Å². The minimum atomic E-state index is -4.61. The lowest BCUT2D eigenvalue weighted by Gasteiger charge is -2.12. The number of benzene rings is 2. The second-order valence-corrected chi connectivity index (χ2v) is 6.20. The molecule has 1 N–H and O–H groups in total. The monoisotopic (exact) mass is 370 g/mol. The minimum absolute atomic E-state index is 0.232. The summed E-state index contributed by atoms with van der Waals surface area (Å²) in [6, 6.07) is 12.5. The fraction of sp³-hybridized carbons (Fsp3) is 0.100. The molecule has 0 radical (unpaired) electrons. The second kappa shape index (κ2) is 6.12. The number of fused-ring (bicyclic) bond motifs is 2. The Morgan fingerprint density at radius 2 is 1.85 bits per heavy atom. The Kier molecular flexibility index (Phi) is 3.87. The van der Waals surface area contributed by atoms with E-state index >= 15 is 0 Å². The number of nitrogens with zero attached hydrogens (tertiary/aromatic N) is 2. The highest BCUT2D eigenvalue weighted by Gasteiger charge is 2.32. The molecule has 0 aliphatic heterocycles. The molecule has 7 heteroatoms. The largest absolute Gasteiger partial charge is 0.478 e. The van der Waals surface area contributed by atoms with Gasteiger partial charge in [-0.05, 0) is 29.8 Å². The molecule has 0 aliphatic rings. The van der Waals surface area contributed by atoms with Crippen molar-refractivity contribution in [3.63, 3.8) is 0 Å². The number of carbonyl (C=O) groups is 1. The molecule has 2 heterocycles. The number of carboxylic acids is 1. The summed E-state index contributed by atoms with van der Waals surface area (Å²) in [4.78, 5) is 16.0. The number of halogens is 3. The topological polar surface area (TPSA) is 55.1 Å². The first-order valence-electron chi connectivity index (χ1n) is 8.10. The summed E-state index contributed by atoms with van der Waals surface area (Å²) < 4.78 is 40.9. The van der Waals surface area contributed by atoms with E-state index in [9.17, 15) is 23.1 Å². The average Bonchev–Trinajstić information content (AvgIpc) is 3.03. The molecule has 0 saturated carbocycles. The van der Waals surface area contributed by atoms with Crippen LogP contribution in [0.1, 0.15) is 21.5 Å². The Morgan fingerprint density at radius 1 is 1.07 bits per heavy atom. The summed E-state index contributed by atoms with van der Waals surface area (Å²) in [6.45, 7) is 0.295. The standard InChI is InChI=1S/C20H13F3N2O2/c21-20(22,23)15-9-13-6-8-25(18(13)16(10-15)19(26)27)11-14-4-1-3-12-5-2-7-24-17(12)14/h1-10H,11H2,(H,26,27). The molecule has 0 atom stereocenters. The third kappa shape index (κ3) is 3.01. The summed E-state index contributed by atoms with van der Waals surface area (Å²) >= 11 is 0. The maximum absolute atomic E-state index is 13.1. The van der Waals surface area contributed by atoms with Gasteiger partial charge in [0.2, 0.25) is 0 Å². The van der Waals surface area contributed by atoms with Gasteiger partial charge in [0.25, 0.3) is 0 Å². The van der Waals surface area contributed by atoms with E-state index in [-0.39, 0.29) is 16.5 Å². The molecule has 27 heavy (non-hydrogen) atoms. The molecule has 2 aromatic heterocycles. The summed E-state index contributed by atoms with van der Waals surface area (Å²) in [7, 11) is 0. The van der Waals surface area contributed by atoms with Crippen molar-refractivity contribution in [3.8, 4) is 0 Å². The van der Waals surface area contributed by atoms with Crippen LogP contribution in [-0.4, -0.2) is 20.6 Å². The van der Waals surface area contributed by atoms with E-state index in [0.717, 1.165) is 22.5 Å². The highest BCUT2D eigenvalue weighted by Crippen LogP contribution is 2.34. The summed E-state index contributed by atoms with van der Waals surface area (Å²) in [5, 5.41) is 10.6. The number of hydrogen-bond acceptors (Lipinski definition) is 2. The number of aromatic carboxylic acids is 1. The fourth-order valence-electron chi connectivity index (χ4n) is 3.29. The van der Waals surface area contributed by atoms with Crippen LogP contribution in [0, 0.1) is 0 Å². The maximum atomic E-state index is 13.1. The molecular weight excluding hydrogens is 357 g/mol. The zero-order chi connectivity index (χ0) is 19.2. The normalized spacial score (nSPS) is 12.0. The first-order valence-corrected chi connectivity index (χ1v) is 8.10. The van der Waals surface area contributed by atoms with Crippen LogP contribution in [0.4, 0.5) is 13.2 Å². The lowest BCUT2D eigenvalue weighted by molar-refractivity contribution is -0.137. The molecule has 0 saturated heterocycles. The second-order valence-electron chi connectivity index (χ2n) is 6.20. The molecule has 0 aliphatic carbocycles. The summed E-state index contributed by atoms with van der Waals surface area (Å²) in [6.07, 6.45) is -1.35. The van der Waals surface area contributed by atoms with E-state index in [0.29, 0.717) is 12.6 Å². The van der Waals surface area contributed by atoms with Crippen molar-refractivity contribution in [3.05, 3.63) is 77.6 Å². The first-order chi connectivity index (χ1) is 12.8. The molecule has 4 rings (SSSR count). The number of aromatic nitrogens is 2. The van der Waals surface area contributed by atoms with Crippen molar-refractivity contribution in [2.75, 3.05) is 0 Å². The van der Waals surface area contributed by atoms with Gasteiger partial charge < -0.3 is 9.67 Å². The number of hydrogen-bond donors (Lipinski definition) is 1. The van der Waals surface area contributed by atoms with Crippen molar-refractivity contribution < 1.29 is 23.1 Å². The quantitative estimate of drug-likeness (QED) is 0.555. The van der Waals surface area contributed by atoms with Crippen LogP contribution < -0.4 is 0 Å². The Balaban J connectivity index is 1.89. The molecule has 0 unspecified atom stereocenters. The van der Waals surface area contributed by atoms with E-state index in [1.54, 1.807) is 17.0 Å². The Bertz CT molecular complexity index is 1170. The third-order valence-electron chi connectivity index (χ3n) is 4.48. The highest BCUT2D eigenvalue weighted by atomic mass is 19.4. The molecule has 0 amide bonds. The van der Waals surface area contributed by atoms with E-state index in [1.165, 1.54) is 6.07 Å². The van der Waals surface area contributed by atoms with Crippen molar-refractivity contribution in [2.24, 2.45) is 0 Å². The predicted molar refractivity (Wildman–Crippen MR) is 94.7 cm³/mol. The van der Waals surface area contributed by atoms with Gasteiger partial charge in [0.15, 0.2) is 0 Å². The maximum Gasteiger partial charge on any atom is 0.416 e. The average molecular weight is 370 g/mol. The van der Waals surface area contributed by atoms with Crippen molar-refractivity contribution in [1.82, 2.24) is 9.55 Å². The SMILES string of the molecule is O=C(O)c1cc(C(F)(F)F)cc2ccn(Cc3cccc4cccnc34)c12. The molecule has 4 nitrogen and oxygen atoms in total. The number of alkyl halides is 3. The van der Waals surface area contributed by atoms with Gasteiger partial charge in [0.05, 0.1) is 22.2 Å². The molecule has 0 fully saturated rings. The molecule has 0 bridgehead atoms. The van der Waals surface area contributed by atoms with E-state index in [2.05, 4.69) is 4.98 Å². The third-order valence-corrected chi connectivity index (χ3v) is 4.48. The van der Waals surface area contributed by atoms with Crippen LogP contribution in [0.2, 0.25) is 0 Å². The Morgan fingerprint density at radius 3 is 2.59 bits per heavy atom. The van der Waals surface area contributed by atoms with Crippen LogP contribution >= 0.6 is 0 Å². The molecule has 2 aromatic carbocycles. The molecule has 136 valence electrons. The van der Waals surface area contributed by atoms with E-state index in [1.807, 2.05) is 30.3 Å². The van der Waals surface area contributed by atoms with Gasteiger partial charge in [0, 0.05) is 29.7 Å². The highest BCUT2D eigenvalue weighted by molar-refractivity contribution is 6.03. The minimum Gasteiger partial charge on any atom is -0.478 e. The number of para-hydroxylation sites is 1. The van der Waals surface area contributed by atoms with Gasteiger partial charge in [-0.25, -0.2) is 4.79 Å². The predicted octanol–water partition coefficient (Wildman–Crippen LogP) is 4.95. The van der Waals surface area contributed by atoms with Gasteiger partial charge in [-0.15, -0.1) is 0 Å². The van der Waals surface area contributed by atoms with Crippen LogP contribution in [0.3, 0.4) is 0 Å². The van der Waals surface area contributed by atoms with Crippen LogP contribution in [0.15, 0.2) is 60.9 Å². The summed E-state index contributed by atoms with van der Waals surface area (Å²) in [5.74, 6) is -1.40. The molecule has 0 spiro atoms. The molecule has 4 aromatic rings. The number of rotatable bonds is 3. The molecular formula is C20H13F3N2O2. The van der Waals surface area contributed by atoms with Gasteiger partial charge >= 0.3 is 12.1 Å². The Labute approximate surface area is 151 Å². The Hall–Kier alpha value is -3.35. The lowest BCUT2D eigenvalue weighted by Crippen LogP contribution is -2.10. The van der Waals surface area contributed by atoms with E-state index < -0.39 is 17.7 Å². The lowest BCUT2D eigenvalue weighted by atomic mass is 10.1. The zero-order valence-electron chi connectivity index (χ0n) is 13.9. The van der Waals surface area contributed by atoms with Crippen molar-refractivity contribution in [2.45, 2.75) is 12.7 Å². The van der Waals surface area contributed by atoms with Gasteiger partial charge in [-0.3, -0.25) is 4.98 Å². The van der Waals surface area contributed by atoms with Gasteiger partial charge in [0.1, 0.15) is 0 Å². The van der Waals surface area contributed by atoms with Gasteiger partial charge in [-0.2, -0.15) is 13.2 Å². The summed E-state index contributed by atoms with van der Waals surface area (Å²) in [5.41, 5.74) is 0.519. The van der Waals surface area contributed by atoms with Crippen molar-refractivity contribution in [1.29, 1.82) is 0 Å². The smallest absolute Gasteiger partial charge is 0.416 e. The zero-order valence-corrected chi connectivity index (χ0v) is 13.9. The van der Waals surface area contributed by atoms with Crippen LogP contribution in [0.5, 0.6) is 0 Å². The number of pyridine rings is 1. The first kappa shape index (κ1) is 17.1. The fourth-order valence-corrected chi connectivity index (χ4v) is 3.29. The number of carboxylic acid groups (broad SMARTS) is 1. The van der Waals surface area contributed by atoms with Crippen LogP contribution in [-0.2, 0) is 12.7 Å².